The van der Waals surface area contributed by atoms with Crippen LogP contribution in [0.5, 0.6) is 0 Å². The lowest BCUT2D eigenvalue weighted by atomic mass is 10.1. The highest BCUT2D eigenvalue weighted by molar-refractivity contribution is 7.89. The molecule has 0 aliphatic rings. The van der Waals surface area contributed by atoms with Crippen molar-refractivity contribution in [3.8, 4) is 0 Å². The third-order valence-electron chi connectivity index (χ3n) is 3.05. The normalized spacial score (nSPS) is 11.8. The van der Waals surface area contributed by atoms with Crippen LogP contribution in [0.2, 0.25) is 0 Å². The molecule has 0 fully saturated rings. The molecule has 0 aliphatic heterocycles. The summed E-state index contributed by atoms with van der Waals surface area (Å²) in [4.78, 5) is 2.21. The lowest BCUT2D eigenvalue weighted by Gasteiger charge is -2.16. The summed E-state index contributed by atoms with van der Waals surface area (Å²) in [5.41, 5.74) is 0.972. The van der Waals surface area contributed by atoms with Crippen molar-refractivity contribution in [2.24, 2.45) is 0 Å². The molecule has 0 saturated heterocycles. The van der Waals surface area contributed by atoms with Crippen molar-refractivity contribution in [2.75, 3.05) is 32.1 Å². The molecule has 0 unspecified atom stereocenters. The van der Waals surface area contributed by atoms with Gasteiger partial charge in [-0.25, -0.2) is 13.1 Å². The fourth-order valence-electron chi connectivity index (χ4n) is 2.15. The number of hydrogen-bond acceptors (Lipinski definition) is 3. The summed E-state index contributed by atoms with van der Waals surface area (Å²) >= 11 is 0. The van der Waals surface area contributed by atoms with E-state index in [1.165, 1.54) is 0 Å². The summed E-state index contributed by atoms with van der Waals surface area (Å²) in [6.07, 6.45) is 0. The van der Waals surface area contributed by atoms with Crippen molar-refractivity contribution >= 4 is 26.5 Å². The molecule has 0 atom stereocenters. The van der Waals surface area contributed by atoms with Crippen molar-refractivity contribution < 1.29 is 13.5 Å². The van der Waals surface area contributed by atoms with Gasteiger partial charge in [0.25, 0.3) is 0 Å². The Balaban J connectivity index is 2.64. The van der Waals surface area contributed by atoms with Crippen molar-refractivity contribution in [1.82, 2.24) is 4.72 Å². The van der Waals surface area contributed by atoms with E-state index in [1.54, 1.807) is 18.2 Å². The fraction of sp³-hybridized carbons (Fsp3) is 0.286. The zero-order valence-corrected chi connectivity index (χ0v) is 12.4. The predicted molar refractivity (Wildman–Crippen MR) is 81.9 cm³/mol. The van der Waals surface area contributed by atoms with Crippen LogP contribution in [0.15, 0.2) is 41.3 Å². The Hall–Kier alpha value is -1.63. The standard InChI is InChI=1S/C14H18N2O3S/c1-16(2)13-7-3-6-12-11(13)5-4-8-14(12)20(18,19)15-9-10-17/h3-8,15,17H,9-10H2,1-2H3/p+1. The minimum absolute atomic E-state index is 0.0208. The monoisotopic (exact) mass is 295 g/mol. The average molecular weight is 295 g/mol. The van der Waals surface area contributed by atoms with Crippen molar-refractivity contribution in [1.29, 1.82) is 0 Å². The Morgan fingerprint density at radius 2 is 1.75 bits per heavy atom. The number of nitrogens with zero attached hydrogens (tertiary/aromatic N) is 1. The number of nitrogens with one attached hydrogen (secondary N) is 1. The highest BCUT2D eigenvalue weighted by Gasteiger charge is 2.17. The minimum atomic E-state index is -3.58. The maximum atomic E-state index is 12.3. The Kier molecular flexibility index (Phi) is 4.27. The second-order valence-electron chi connectivity index (χ2n) is 4.67. The molecule has 108 valence electrons. The molecule has 6 heteroatoms. The molecular weight excluding hydrogens is 276 g/mol. The van der Waals surface area contributed by atoms with Crippen LogP contribution in [0.3, 0.4) is 0 Å². The SMILES string of the molecule is CN(C)c1cccc2c(S(=O)(=O)NCC[OH2+])cccc12. The topological polar surface area (TPSA) is 72.3 Å². The minimum Gasteiger partial charge on any atom is -0.444 e. The molecule has 5 nitrogen and oxygen atoms in total. The smallest absolute Gasteiger partial charge is 0.241 e. The first-order valence-corrected chi connectivity index (χ1v) is 7.79. The number of rotatable bonds is 5. The predicted octanol–water partition coefficient (Wildman–Crippen LogP) is 0.909. The average Bonchev–Trinajstić information content (AvgIpc) is 2.43. The molecule has 0 aliphatic carbocycles. The molecule has 0 radical (unpaired) electrons. The highest BCUT2D eigenvalue weighted by Crippen LogP contribution is 2.29. The summed E-state index contributed by atoms with van der Waals surface area (Å²) in [6.45, 7) is 0.138. The van der Waals surface area contributed by atoms with E-state index in [1.807, 2.05) is 37.2 Å². The molecule has 0 spiro atoms. The van der Waals surface area contributed by atoms with Gasteiger partial charge >= 0.3 is 0 Å². The van der Waals surface area contributed by atoms with E-state index in [4.69, 9.17) is 5.11 Å². The Labute approximate surface area is 118 Å². The molecule has 0 heterocycles. The van der Waals surface area contributed by atoms with E-state index < -0.39 is 10.0 Å². The number of hydrogen-bond donors (Lipinski definition) is 1. The van der Waals surface area contributed by atoms with Gasteiger partial charge in [0.1, 0.15) is 0 Å². The second kappa shape index (κ2) is 5.78. The van der Waals surface area contributed by atoms with E-state index in [2.05, 4.69) is 4.72 Å². The molecule has 2 aromatic carbocycles. The van der Waals surface area contributed by atoms with Crippen molar-refractivity contribution in [3.63, 3.8) is 0 Å². The molecule has 20 heavy (non-hydrogen) atoms. The van der Waals surface area contributed by atoms with Crippen LogP contribution in [0.25, 0.3) is 10.8 Å². The lowest BCUT2D eigenvalue weighted by Crippen LogP contribution is -2.26. The van der Waals surface area contributed by atoms with E-state index in [0.29, 0.717) is 5.39 Å². The first kappa shape index (κ1) is 14.8. The number of anilines is 1. The van der Waals surface area contributed by atoms with Crippen molar-refractivity contribution in [3.05, 3.63) is 36.4 Å². The second-order valence-corrected chi connectivity index (χ2v) is 6.41. The number of benzene rings is 2. The van der Waals surface area contributed by atoms with Gasteiger partial charge in [-0.1, -0.05) is 24.3 Å². The third kappa shape index (κ3) is 2.77. The van der Waals surface area contributed by atoms with Gasteiger partial charge in [-0.2, -0.15) is 0 Å². The van der Waals surface area contributed by atoms with Crippen LogP contribution in [0.1, 0.15) is 0 Å². The van der Waals surface area contributed by atoms with E-state index >= 15 is 0 Å². The summed E-state index contributed by atoms with van der Waals surface area (Å²) in [7, 11) is 0.270. The summed E-state index contributed by atoms with van der Waals surface area (Å²) in [5, 5.41) is 8.65. The molecule has 0 bridgehead atoms. The van der Waals surface area contributed by atoms with Gasteiger partial charge in [0, 0.05) is 30.6 Å². The maximum Gasteiger partial charge on any atom is 0.241 e. The number of fused-ring (bicyclic) bond motifs is 1. The van der Waals surface area contributed by atoms with Crippen LogP contribution in [0.4, 0.5) is 5.69 Å². The molecule has 2 rings (SSSR count). The third-order valence-corrected chi connectivity index (χ3v) is 4.57. The van der Waals surface area contributed by atoms with Gasteiger partial charge in [-0.15, -0.1) is 0 Å². The summed E-state index contributed by atoms with van der Waals surface area (Å²) in [5.74, 6) is 0. The van der Waals surface area contributed by atoms with Gasteiger partial charge in [0.15, 0.2) is 6.61 Å². The molecule has 0 amide bonds. The van der Waals surface area contributed by atoms with Gasteiger partial charge in [0.2, 0.25) is 10.0 Å². The largest absolute Gasteiger partial charge is 0.444 e. The Bertz CT molecular complexity index is 711. The van der Waals surface area contributed by atoms with Crippen LogP contribution in [-0.2, 0) is 10.0 Å². The number of sulfonamides is 1. The van der Waals surface area contributed by atoms with Gasteiger partial charge < -0.3 is 10.0 Å². The van der Waals surface area contributed by atoms with Gasteiger partial charge in [0.05, 0.1) is 11.4 Å². The quantitative estimate of drug-likeness (QED) is 0.833. The van der Waals surface area contributed by atoms with Gasteiger partial charge in [-0.05, 0) is 12.1 Å². The lowest BCUT2D eigenvalue weighted by molar-refractivity contribution is 0.301. The molecule has 3 N–H and O–H groups in total. The van der Waals surface area contributed by atoms with Crippen LogP contribution in [-0.4, -0.2) is 40.8 Å². The first-order chi connectivity index (χ1) is 9.47. The van der Waals surface area contributed by atoms with Crippen molar-refractivity contribution in [2.45, 2.75) is 4.90 Å². The molecular formula is C14H19N2O3S+. The molecule has 0 saturated carbocycles. The summed E-state index contributed by atoms with van der Waals surface area (Å²) in [6, 6.07) is 10.8. The van der Waals surface area contributed by atoms with Crippen LogP contribution in [0, 0.1) is 0 Å². The summed E-state index contributed by atoms with van der Waals surface area (Å²) < 4.78 is 27.0. The van der Waals surface area contributed by atoms with Crippen LogP contribution < -0.4 is 9.62 Å². The van der Waals surface area contributed by atoms with E-state index in [-0.39, 0.29) is 18.0 Å². The van der Waals surface area contributed by atoms with Gasteiger partial charge in [-0.3, -0.25) is 0 Å². The zero-order chi connectivity index (χ0) is 14.8. The van der Waals surface area contributed by atoms with E-state index in [9.17, 15) is 8.42 Å². The maximum absolute atomic E-state index is 12.3. The van der Waals surface area contributed by atoms with Crippen LogP contribution >= 0.6 is 0 Å². The zero-order valence-electron chi connectivity index (χ0n) is 11.6. The first-order valence-electron chi connectivity index (χ1n) is 6.30. The van der Waals surface area contributed by atoms with E-state index in [0.717, 1.165) is 11.1 Å². The molecule has 2 aromatic rings. The highest BCUT2D eigenvalue weighted by atomic mass is 32.2. The molecule has 0 aromatic heterocycles. The fourth-order valence-corrected chi connectivity index (χ4v) is 3.40. The Morgan fingerprint density at radius 1 is 1.10 bits per heavy atom. The Morgan fingerprint density at radius 3 is 2.40 bits per heavy atom.